The van der Waals surface area contributed by atoms with Crippen molar-refractivity contribution in [3.8, 4) is 0 Å². The van der Waals surface area contributed by atoms with Crippen molar-refractivity contribution in [1.29, 1.82) is 0 Å². The molecule has 3 heterocycles. The van der Waals surface area contributed by atoms with E-state index in [-0.39, 0.29) is 28.7 Å². The lowest BCUT2D eigenvalue weighted by Crippen LogP contribution is -2.50. The highest BCUT2D eigenvalue weighted by Gasteiger charge is 2.68. The normalized spacial score (nSPS) is 47.1. The summed E-state index contributed by atoms with van der Waals surface area (Å²) in [6.45, 7) is 0. The Hall–Kier alpha value is 0.950. The summed E-state index contributed by atoms with van der Waals surface area (Å²) < 4.78 is 34.3. The first-order chi connectivity index (χ1) is 9.64. The third-order valence-electron chi connectivity index (χ3n) is 5.36. The van der Waals surface area contributed by atoms with Gasteiger partial charge in [0, 0.05) is 16.5 Å². The van der Waals surface area contributed by atoms with Crippen LogP contribution in [0.25, 0.3) is 0 Å². The molecule has 0 spiro atoms. The van der Waals surface area contributed by atoms with E-state index < -0.39 is 10.0 Å². The van der Waals surface area contributed by atoms with Gasteiger partial charge in [-0.15, -0.1) is 11.8 Å². The highest BCUT2D eigenvalue weighted by atomic mass is 127. The topological polar surface area (TPSA) is 46.6 Å². The Bertz CT molecular complexity index is 494. The molecular formula is C13H20INO3S2. The van der Waals surface area contributed by atoms with Crippen LogP contribution in [0.5, 0.6) is 0 Å². The monoisotopic (exact) mass is 429 g/mol. The maximum Gasteiger partial charge on any atom is 0.218 e. The third-order valence-corrected chi connectivity index (χ3v) is 10.0. The average Bonchev–Trinajstić information content (AvgIpc) is 3.04. The van der Waals surface area contributed by atoms with E-state index in [1.165, 1.54) is 19.3 Å². The summed E-state index contributed by atoms with van der Waals surface area (Å²) in [5.74, 6) is 0. The van der Waals surface area contributed by atoms with Gasteiger partial charge in [-0.2, -0.15) is 4.31 Å². The summed E-state index contributed by atoms with van der Waals surface area (Å²) in [7, 11) is -3.09. The number of ether oxygens (including phenoxy) is 1. The molecule has 3 saturated heterocycles. The number of fused-ring (bicyclic) bond motifs is 1. The molecule has 5 unspecified atom stereocenters. The van der Waals surface area contributed by atoms with Crippen LogP contribution in [-0.4, -0.2) is 51.3 Å². The minimum absolute atomic E-state index is 0.117. The lowest BCUT2D eigenvalue weighted by molar-refractivity contribution is 0.0284. The van der Waals surface area contributed by atoms with Crippen molar-refractivity contribution in [1.82, 2.24) is 4.31 Å². The van der Waals surface area contributed by atoms with Gasteiger partial charge < -0.3 is 4.74 Å². The van der Waals surface area contributed by atoms with E-state index in [0.717, 1.165) is 19.3 Å². The van der Waals surface area contributed by atoms with Crippen LogP contribution in [0.2, 0.25) is 0 Å². The molecule has 20 heavy (non-hydrogen) atoms. The van der Waals surface area contributed by atoms with Gasteiger partial charge in [-0.05, 0) is 19.3 Å². The summed E-state index contributed by atoms with van der Waals surface area (Å²) in [6, 6.07) is 0.357. The Morgan fingerprint density at radius 2 is 2.00 bits per heavy atom. The lowest BCUT2D eigenvalue weighted by Gasteiger charge is -2.36. The van der Waals surface area contributed by atoms with Crippen molar-refractivity contribution >= 4 is 44.4 Å². The van der Waals surface area contributed by atoms with Gasteiger partial charge in [-0.25, -0.2) is 8.42 Å². The average molecular weight is 429 g/mol. The third kappa shape index (κ3) is 1.95. The first-order valence-electron chi connectivity index (χ1n) is 7.50. The fraction of sp³-hybridized carbons (Fsp3) is 1.00. The molecule has 0 aromatic heterocycles. The SMILES string of the molecule is O=S1(=O)C2CC3SC2C(C3OCI)N1C1CCCCC1. The van der Waals surface area contributed by atoms with Crippen LogP contribution in [0.15, 0.2) is 0 Å². The number of halogens is 1. The zero-order chi connectivity index (χ0) is 13.9. The molecule has 0 aromatic carbocycles. The van der Waals surface area contributed by atoms with Crippen molar-refractivity contribution in [3.05, 3.63) is 0 Å². The van der Waals surface area contributed by atoms with Gasteiger partial charge in [-0.1, -0.05) is 41.9 Å². The van der Waals surface area contributed by atoms with Gasteiger partial charge in [0.05, 0.1) is 22.0 Å². The number of hydrogen-bond donors (Lipinski definition) is 0. The first kappa shape index (κ1) is 14.5. The van der Waals surface area contributed by atoms with Crippen LogP contribution < -0.4 is 0 Å². The van der Waals surface area contributed by atoms with Gasteiger partial charge in [0.2, 0.25) is 10.0 Å². The lowest BCUT2D eigenvalue weighted by atomic mass is 9.89. The molecule has 7 heteroatoms. The summed E-state index contributed by atoms with van der Waals surface area (Å²) in [5.41, 5.74) is 0. The van der Waals surface area contributed by atoms with E-state index in [9.17, 15) is 8.42 Å². The van der Waals surface area contributed by atoms with Crippen LogP contribution in [0.4, 0.5) is 0 Å². The molecule has 2 bridgehead atoms. The van der Waals surface area contributed by atoms with Gasteiger partial charge in [0.25, 0.3) is 0 Å². The van der Waals surface area contributed by atoms with Crippen molar-refractivity contribution in [3.63, 3.8) is 0 Å². The van der Waals surface area contributed by atoms with Crippen molar-refractivity contribution in [2.45, 2.75) is 72.5 Å². The smallest absolute Gasteiger partial charge is 0.218 e. The quantitative estimate of drug-likeness (QED) is 0.511. The molecular weight excluding hydrogens is 409 g/mol. The fourth-order valence-electron chi connectivity index (χ4n) is 4.60. The molecule has 4 fully saturated rings. The second-order valence-corrected chi connectivity index (χ2v) is 10.4. The van der Waals surface area contributed by atoms with E-state index in [1.807, 2.05) is 16.1 Å². The molecule has 3 aliphatic heterocycles. The number of hydrogen-bond acceptors (Lipinski definition) is 4. The predicted octanol–water partition coefficient (Wildman–Crippen LogP) is 2.37. The largest absolute Gasteiger partial charge is 0.365 e. The van der Waals surface area contributed by atoms with E-state index in [0.29, 0.717) is 9.86 Å². The van der Waals surface area contributed by atoms with Gasteiger partial charge in [-0.3, -0.25) is 0 Å². The van der Waals surface area contributed by atoms with E-state index in [2.05, 4.69) is 22.6 Å². The Kier molecular flexibility index (Phi) is 3.81. The fourth-order valence-corrected chi connectivity index (χ4v) is 10.2. The molecule has 5 atom stereocenters. The number of sulfonamides is 1. The highest BCUT2D eigenvalue weighted by Crippen LogP contribution is 2.58. The molecule has 4 nitrogen and oxygen atoms in total. The van der Waals surface area contributed by atoms with Crippen molar-refractivity contribution in [2.75, 3.05) is 4.61 Å². The molecule has 1 aliphatic carbocycles. The zero-order valence-electron chi connectivity index (χ0n) is 11.3. The van der Waals surface area contributed by atoms with Crippen molar-refractivity contribution in [2.24, 2.45) is 0 Å². The van der Waals surface area contributed by atoms with Crippen LogP contribution in [0.3, 0.4) is 0 Å². The van der Waals surface area contributed by atoms with Crippen LogP contribution in [0, 0.1) is 0 Å². The van der Waals surface area contributed by atoms with Crippen LogP contribution in [0.1, 0.15) is 38.5 Å². The maximum absolute atomic E-state index is 12.9. The van der Waals surface area contributed by atoms with Gasteiger partial charge in [0.15, 0.2) is 0 Å². The molecule has 1 saturated carbocycles. The first-order valence-corrected chi connectivity index (χ1v) is 11.5. The summed E-state index contributed by atoms with van der Waals surface area (Å²) >= 11 is 4.11. The van der Waals surface area contributed by atoms with Crippen LogP contribution >= 0.6 is 34.4 Å². The molecule has 0 aromatic rings. The maximum atomic E-state index is 12.9. The number of nitrogens with zero attached hydrogens (tertiary/aromatic N) is 1. The van der Waals surface area contributed by atoms with E-state index in [1.54, 1.807) is 0 Å². The number of alkyl halides is 1. The Morgan fingerprint density at radius 3 is 2.70 bits per heavy atom. The minimum atomic E-state index is -3.09. The van der Waals surface area contributed by atoms with Crippen LogP contribution in [-0.2, 0) is 14.8 Å². The second kappa shape index (κ2) is 5.25. The highest BCUT2D eigenvalue weighted by molar-refractivity contribution is 14.1. The summed E-state index contributed by atoms with van der Waals surface area (Å²) in [5, 5.41) is 0.534. The molecule has 0 radical (unpaired) electrons. The Balaban J connectivity index is 1.69. The minimum Gasteiger partial charge on any atom is -0.365 e. The number of thioether (sulfide) groups is 1. The zero-order valence-corrected chi connectivity index (χ0v) is 15.1. The summed E-state index contributed by atoms with van der Waals surface area (Å²) in [4.78, 5) is 0. The van der Waals surface area contributed by atoms with E-state index >= 15 is 0 Å². The van der Waals surface area contributed by atoms with E-state index in [4.69, 9.17) is 4.74 Å². The number of rotatable bonds is 3. The van der Waals surface area contributed by atoms with Crippen molar-refractivity contribution < 1.29 is 13.2 Å². The molecule has 0 N–H and O–H groups in total. The van der Waals surface area contributed by atoms with Gasteiger partial charge in [0.1, 0.15) is 0 Å². The summed E-state index contributed by atoms with van der Waals surface area (Å²) in [6.07, 6.45) is 6.62. The second-order valence-electron chi connectivity index (χ2n) is 6.31. The standard InChI is InChI=1S/C13H20INO3S2/c14-7-18-12-9-6-10-13(19-9)11(12)15(20(10,16)17)8-4-2-1-3-5-8/h8-13H,1-7H2. The predicted molar refractivity (Wildman–Crippen MR) is 88.8 cm³/mol. The Morgan fingerprint density at radius 1 is 1.25 bits per heavy atom. The molecule has 0 amide bonds. The molecule has 114 valence electrons. The Labute approximate surface area is 138 Å². The molecule has 4 rings (SSSR count). The van der Waals surface area contributed by atoms with Gasteiger partial charge >= 0.3 is 0 Å². The molecule has 4 aliphatic rings.